The van der Waals surface area contributed by atoms with Gasteiger partial charge < -0.3 is 29.2 Å². The number of hydrogen-bond acceptors (Lipinski definition) is 8. The van der Waals surface area contributed by atoms with Gasteiger partial charge in [0.05, 0.1) is 14.2 Å². The van der Waals surface area contributed by atoms with E-state index >= 15 is 0 Å². The van der Waals surface area contributed by atoms with Crippen molar-refractivity contribution in [2.24, 2.45) is 0 Å². The minimum atomic E-state index is -0.128. The topological polar surface area (TPSA) is 83.9 Å². The Hall–Kier alpha value is -4.40. The minimum Gasteiger partial charge on any atom is -0.504 e. The number of likely N-dealkylation sites (N-methyl/N-ethyl adjacent to an activating group) is 2. The SMILES string of the molecule is COc1cc2c3cc1Oc1ccc(cc1O)C[C@@H]1c4c(cc(OC)c(c4O)OCc4ccc(cc4)C[C@@H]3N(C)CC2)CCN1C. The van der Waals surface area contributed by atoms with Crippen molar-refractivity contribution in [3.05, 3.63) is 99.6 Å². The Morgan fingerprint density at radius 2 is 1.36 bits per heavy atom. The van der Waals surface area contributed by atoms with Crippen molar-refractivity contribution >= 4 is 0 Å². The van der Waals surface area contributed by atoms with Crippen molar-refractivity contribution in [1.29, 1.82) is 0 Å². The Morgan fingerprint density at radius 3 is 2.09 bits per heavy atom. The van der Waals surface area contributed by atoms with Gasteiger partial charge in [-0.2, -0.15) is 0 Å². The van der Waals surface area contributed by atoms with Crippen LogP contribution < -0.4 is 18.9 Å². The van der Waals surface area contributed by atoms with E-state index in [1.807, 2.05) is 18.2 Å². The van der Waals surface area contributed by atoms with Crippen LogP contribution in [0.5, 0.6) is 40.2 Å². The van der Waals surface area contributed by atoms with Crippen molar-refractivity contribution in [1.82, 2.24) is 9.80 Å². The number of phenolic OH excluding ortho intramolecular Hbond substituents is 2. The summed E-state index contributed by atoms with van der Waals surface area (Å²) < 4.78 is 24.1. The Bertz CT molecular complexity index is 1740. The Kier molecular flexibility index (Phi) is 7.71. The number of aromatic hydroxyl groups is 2. The van der Waals surface area contributed by atoms with E-state index in [1.54, 1.807) is 20.3 Å². The van der Waals surface area contributed by atoms with Gasteiger partial charge in [-0.1, -0.05) is 30.3 Å². The first-order chi connectivity index (χ1) is 21.8. The molecule has 0 aromatic heterocycles. The summed E-state index contributed by atoms with van der Waals surface area (Å²) in [6.07, 6.45) is 3.10. The van der Waals surface area contributed by atoms with Crippen LogP contribution in [0.1, 0.15) is 51.0 Å². The van der Waals surface area contributed by atoms with E-state index in [4.69, 9.17) is 18.9 Å². The molecule has 0 amide bonds. The zero-order chi connectivity index (χ0) is 31.2. The van der Waals surface area contributed by atoms with Gasteiger partial charge in [0, 0.05) is 30.7 Å². The fourth-order valence-corrected chi connectivity index (χ4v) is 7.10. The van der Waals surface area contributed by atoms with Gasteiger partial charge in [-0.15, -0.1) is 0 Å². The van der Waals surface area contributed by atoms with Crippen LogP contribution in [0.3, 0.4) is 0 Å². The number of benzene rings is 4. The molecule has 6 aliphatic rings. The summed E-state index contributed by atoms with van der Waals surface area (Å²) in [5, 5.41) is 22.9. The van der Waals surface area contributed by atoms with Crippen LogP contribution in [-0.2, 0) is 32.3 Å². The largest absolute Gasteiger partial charge is 0.504 e. The number of nitrogens with zero attached hydrogens (tertiary/aromatic N) is 2. The van der Waals surface area contributed by atoms with Crippen LogP contribution in [0.15, 0.2) is 60.7 Å². The molecule has 6 heterocycles. The lowest BCUT2D eigenvalue weighted by molar-refractivity contribution is 0.216. The van der Waals surface area contributed by atoms with Gasteiger partial charge in [0.15, 0.2) is 34.5 Å². The Morgan fingerprint density at radius 1 is 0.711 bits per heavy atom. The summed E-state index contributed by atoms with van der Waals surface area (Å²) in [5.74, 6) is 2.61. The van der Waals surface area contributed by atoms with E-state index in [2.05, 4.69) is 60.3 Å². The second-order valence-electron chi connectivity index (χ2n) is 12.4. The van der Waals surface area contributed by atoms with Gasteiger partial charge in [0.25, 0.3) is 0 Å². The average molecular weight is 609 g/mol. The Labute approximate surface area is 264 Å². The molecule has 4 aromatic carbocycles. The van der Waals surface area contributed by atoms with Crippen molar-refractivity contribution in [2.45, 2.75) is 44.4 Å². The molecular weight excluding hydrogens is 568 g/mol. The van der Waals surface area contributed by atoms with E-state index in [9.17, 15) is 10.2 Å². The molecule has 45 heavy (non-hydrogen) atoms. The van der Waals surface area contributed by atoms with Crippen LogP contribution in [0, 0.1) is 0 Å². The number of rotatable bonds is 2. The number of hydrogen-bond donors (Lipinski definition) is 2. The number of ether oxygens (including phenoxy) is 4. The molecule has 0 radical (unpaired) electrons. The fraction of sp³-hybridized carbons (Fsp3) is 0.351. The molecule has 234 valence electrons. The molecule has 0 spiro atoms. The van der Waals surface area contributed by atoms with Gasteiger partial charge in [-0.25, -0.2) is 0 Å². The molecule has 0 fully saturated rings. The van der Waals surface area contributed by atoms with Gasteiger partial charge in [-0.05, 0) is 103 Å². The van der Waals surface area contributed by atoms with Crippen LogP contribution >= 0.6 is 0 Å². The van der Waals surface area contributed by atoms with E-state index in [0.29, 0.717) is 41.8 Å². The summed E-state index contributed by atoms with van der Waals surface area (Å²) >= 11 is 0. The first-order valence-corrected chi connectivity index (χ1v) is 15.6. The highest BCUT2D eigenvalue weighted by Gasteiger charge is 2.32. The summed E-state index contributed by atoms with van der Waals surface area (Å²) in [7, 11) is 7.48. The first kappa shape index (κ1) is 29.3. The molecule has 2 N–H and O–H groups in total. The molecule has 0 unspecified atom stereocenters. The number of methoxy groups -OCH3 is 2. The highest BCUT2D eigenvalue weighted by atomic mass is 16.5. The van der Waals surface area contributed by atoms with Crippen LogP contribution in [0.25, 0.3) is 0 Å². The molecule has 8 heteroatoms. The monoisotopic (exact) mass is 608 g/mol. The van der Waals surface area contributed by atoms with Gasteiger partial charge in [0.1, 0.15) is 6.61 Å². The van der Waals surface area contributed by atoms with E-state index in [-0.39, 0.29) is 23.6 Å². The maximum atomic E-state index is 11.7. The standard InChI is InChI=1S/C37H40N2O6/c1-38-13-11-25-18-32(42-3)33-20-27(25)28(38)15-22-5-7-23(8-6-22)21-44-37-34(43-4)19-26-12-14-39(2)29(35(26)36(37)41)16-24-9-10-31(45-33)30(40)17-24/h5-10,17-20,28-29,40-41H,11-16,21H2,1-4H3/t28-,29+/m0/s1. The molecule has 0 saturated heterocycles. The van der Waals surface area contributed by atoms with Crippen LogP contribution in [-0.4, -0.2) is 61.4 Å². The summed E-state index contributed by atoms with van der Waals surface area (Å²) in [4.78, 5) is 4.62. The first-order valence-electron chi connectivity index (χ1n) is 15.6. The van der Waals surface area contributed by atoms with Crippen molar-refractivity contribution in [3.63, 3.8) is 0 Å². The molecule has 8 nitrogen and oxygen atoms in total. The quantitative estimate of drug-likeness (QED) is 0.273. The highest BCUT2D eigenvalue weighted by Crippen LogP contribution is 2.48. The third kappa shape index (κ3) is 5.42. The van der Waals surface area contributed by atoms with Crippen molar-refractivity contribution in [3.8, 4) is 40.2 Å². The summed E-state index contributed by atoms with van der Waals surface area (Å²) in [6, 6.07) is 20.2. The summed E-state index contributed by atoms with van der Waals surface area (Å²) in [5.41, 5.74) is 7.45. The fourth-order valence-electron chi connectivity index (χ4n) is 7.10. The predicted molar refractivity (Wildman–Crippen MR) is 172 cm³/mol. The lowest BCUT2D eigenvalue weighted by atomic mass is 9.87. The van der Waals surface area contributed by atoms with Crippen LogP contribution in [0.2, 0.25) is 0 Å². The maximum absolute atomic E-state index is 11.7. The van der Waals surface area contributed by atoms with Gasteiger partial charge >= 0.3 is 0 Å². The van der Waals surface area contributed by atoms with Gasteiger partial charge in [0.2, 0.25) is 5.75 Å². The molecule has 10 rings (SSSR count). The molecule has 6 aliphatic heterocycles. The summed E-state index contributed by atoms with van der Waals surface area (Å²) in [6.45, 7) is 2.07. The zero-order valence-corrected chi connectivity index (χ0v) is 26.3. The van der Waals surface area contributed by atoms with Gasteiger partial charge in [-0.3, -0.25) is 9.80 Å². The molecule has 2 atom stereocenters. The van der Waals surface area contributed by atoms with E-state index in [0.717, 1.165) is 54.6 Å². The molecule has 0 aliphatic carbocycles. The van der Waals surface area contributed by atoms with Crippen LogP contribution in [0.4, 0.5) is 0 Å². The second-order valence-corrected chi connectivity index (χ2v) is 12.4. The minimum absolute atomic E-state index is 0.0494. The van der Waals surface area contributed by atoms with E-state index < -0.39 is 0 Å². The normalized spacial score (nSPS) is 19.7. The molecule has 0 saturated carbocycles. The van der Waals surface area contributed by atoms with Crippen molar-refractivity contribution in [2.75, 3.05) is 41.4 Å². The lowest BCUT2D eigenvalue weighted by Gasteiger charge is -2.36. The van der Waals surface area contributed by atoms with Crippen molar-refractivity contribution < 1.29 is 29.2 Å². The Balaban J connectivity index is 1.35. The molecule has 4 aromatic rings. The highest BCUT2D eigenvalue weighted by molar-refractivity contribution is 5.61. The maximum Gasteiger partial charge on any atom is 0.204 e. The predicted octanol–water partition coefficient (Wildman–Crippen LogP) is 6.34. The third-order valence-corrected chi connectivity index (χ3v) is 9.72. The van der Waals surface area contributed by atoms with E-state index in [1.165, 1.54) is 16.7 Å². The lowest BCUT2D eigenvalue weighted by Crippen LogP contribution is -2.33. The average Bonchev–Trinajstić information content (AvgIpc) is 3.04. The molecule has 8 bridgehead atoms. The zero-order valence-electron chi connectivity index (χ0n) is 26.3. The smallest absolute Gasteiger partial charge is 0.204 e. The number of phenols is 2. The molecular formula is C37H40N2O6. The second kappa shape index (κ2) is 11.8. The third-order valence-electron chi connectivity index (χ3n) is 9.72.